The first-order chi connectivity index (χ1) is 9.56. The Kier molecular flexibility index (Phi) is 4.74. The summed E-state index contributed by atoms with van der Waals surface area (Å²) in [7, 11) is 3.55. The quantitative estimate of drug-likeness (QED) is 0.920. The molecule has 1 amide bonds. The third-order valence-electron chi connectivity index (χ3n) is 3.11. The lowest BCUT2D eigenvalue weighted by molar-refractivity contribution is -0.127. The number of amides is 1. The summed E-state index contributed by atoms with van der Waals surface area (Å²) in [5, 5.41) is 3.37. The lowest BCUT2D eigenvalue weighted by Gasteiger charge is -2.11. The lowest BCUT2D eigenvalue weighted by Crippen LogP contribution is -2.23. The van der Waals surface area contributed by atoms with Gasteiger partial charge in [0.15, 0.2) is 0 Å². The molecule has 0 spiro atoms. The molecule has 0 saturated carbocycles. The van der Waals surface area contributed by atoms with E-state index in [9.17, 15) is 4.79 Å². The molecule has 0 aliphatic rings. The van der Waals surface area contributed by atoms with Gasteiger partial charge in [-0.3, -0.25) is 4.79 Å². The largest absolute Gasteiger partial charge is 0.380 e. The van der Waals surface area contributed by atoms with Gasteiger partial charge in [0, 0.05) is 24.7 Å². The summed E-state index contributed by atoms with van der Waals surface area (Å²) in [6.45, 7) is 2.80. The third kappa shape index (κ3) is 3.81. The van der Waals surface area contributed by atoms with Crippen LogP contribution in [0.1, 0.15) is 16.1 Å². The number of carbonyl (C=O) groups excluding carboxylic acids is 1. The minimum atomic E-state index is 0.117. The summed E-state index contributed by atoms with van der Waals surface area (Å²) in [4.78, 5) is 18.7. The molecule has 0 bridgehead atoms. The Morgan fingerprint density at radius 3 is 2.55 bits per heavy atom. The van der Waals surface area contributed by atoms with Crippen LogP contribution in [0.15, 0.2) is 29.8 Å². The Labute approximate surface area is 123 Å². The van der Waals surface area contributed by atoms with Gasteiger partial charge in [0.2, 0.25) is 5.91 Å². The normalized spacial score (nSPS) is 10.3. The third-order valence-corrected chi connectivity index (χ3v) is 4.04. The summed E-state index contributed by atoms with van der Waals surface area (Å²) < 4.78 is 0. The van der Waals surface area contributed by atoms with Crippen LogP contribution in [0.4, 0.5) is 5.69 Å². The standard InChI is InChI=1S/C15H19N3OS/c1-11-14(20-10-17-11)9-16-13-6-4-12(5-7-13)8-15(19)18(2)3/h4-7,10,16H,8-9H2,1-3H3. The minimum Gasteiger partial charge on any atom is -0.380 e. The van der Waals surface area contributed by atoms with E-state index < -0.39 is 0 Å². The first-order valence-corrected chi connectivity index (χ1v) is 7.36. The minimum absolute atomic E-state index is 0.117. The van der Waals surface area contributed by atoms with Crippen LogP contribution >= 0.6 is 11.3 Å². The van der Waals surface area contributed by atoms with Crippen LogP contribution in [0, 0.1) is 6.92 Å². The highest BCUT2D eigenvalue weighted by molar-refractivity contribution is 7.09. The molecule has 0 atom stereocenters. The average molecular weight is 289 g/mol. The zero-order chi connectivity index (χ0) is 14.5. The average Bonchev–Trinajstić information content (AvgIpc) is 2.83. The molecule has 106 valence electrons. The monoisotopic (exact) mass is 289 g/mol. The molecular weight excluding hydrogens is 270 g/mol. The maximum atomic E-state index is 11.6. The molecule has 2 rings (SSSR count). The summed E-state index contributed by atoms with van der Waals surface area (Å²) in [6.07, 6.45) is 0.446. The van der Waals surface area contributed by atoms with Gasteiger partial charge >= 0.3 is 0 Å². The van der Waals surface area contributed by atoms with Crippen molar-refractivity contribution in [3.63, 3.8) is 0 Å². The second kappa shape index (κ2) is 6.52. The molecule has 1 N–H and O–H groups in total. The number of rotatable bonds is 5. The van der Waals surface area contributed by atoms with Gasteiger partial charge in [0.1, 0.15) is 0 Å². The molecule has 0 aliphatic heterocycles. The predicted molar refractivity (Wildman–Crippen MR) is 83.0 cm³/mol. The molecule has 0 saturated heterocycles. The van der Waals surface area contributed by atoms with E-state index in [4.69, 9.17) is 0 Å². The second-order valence-corrected chi connectivity index (χ2v) is 5.82. The van der Waals surface area contributed by atoms with Crippen molar-refractivity contribution >= 4 is 22.9 Å². The van der Waals surface area contributed by atoms with Gasteiger partial charge in [-0.05, 0) is 24.6 Å². The van der Waals surface area contributed by atoms with Crippen LogP contribution in [0.5, 0.6) is 0 Å². The zero-order valence-corrected chi connectivity index (χ0v) is 12.8. The summed E-state index contributed by atoms with van der Waals surface area (Å²) >= 11 is 1.66. The maximum absolute atomic E-state index is 11.6. The molecule has 2 aromatic rings. The summed E-state index contributed by atoms with van der Waals surface area (Å²) in [5.74, 6) is 0.117. The number of hydrogen-bond acceptors (Lipinski definition) is 4. The molecule has 1 aromatic heterocycles. The fraction of sp³-hybridized carbons (Fsp3) is 0.333. The van der Waals surface area contributed by atoms with Crippen molar-refractivity contribution < 1.29 is 4.79 Å². The van der Waals surface area contributed by atoms with Crippen molar-refractivity contribution in [2.24, 2.45) is 0 Å². The Morgan fingerprint density at radius 2 is 2.00 bits per heavy atom. The maximum Gasteiger partial charge on any atom is 0.226 e. The van der Waals surface area contributed by atoms with E-state index in [0.717, 1.165) is 23.5 Å². The molecule has 20 heavy (non-hydrogen) atoms. The van der Waals surface area contributed by atoms with E-state index in [2.05, 4.69) is 10.3 Å². The van der Waals surface area contributed by atoms with Crippen LogP contribution in [-0.4, -0.2) is 29.9 Å². The van der Waals surface area contributed by atoms with Gasteiger partial charge in [0.25, 0.3) is 0 Å². The molecular formula is C15H19N3OS. The van der Waals surface area contributed by atoms with E-state index in [1.165, 1.54) is 4.88 Å². The molecule has 1 aromatic carbocycles. The lowest BCUT2D eigenvalue weighted by atomic mass is 10.1. The molecule has 0 unspecified atom stereocenters. The highest BCUT2D eigenvalue weighted by Gasteiger charge is 2.05. The van der Waals surface area contributed by atoms with Crippen molar-refractivity contribution in [2.45, 2.75) is 19.9 Å². The van der Waals surface area contributed by atoms with Crippen LogP contribution in [-0.2, 0) is 17.8 Å². The van der Waals surface area contributed by atoms with Crippen molar-refractivity contribution in [1.82, 2.24) is 9.88 Å². The highest BCUT2D eigenvalue weighted by Crippen LogP contribution is 2.16. The summed E-state index contributed by atoms with van der Waals surface area (Å²) in [5.41, 5.74) is 5.03. The van der Waals surface area contributed by atoms with Crippen molar-refractivity contribution in [3.05, 3.63) is 45.9 Å². The van der Waals surface area contributed by atoms with E-state index in [1.54, 1.807) is 30.3 Å². The number of benzene rings is 1. The number of aryl methyl sites for hydroxylation is 1. The van der Waals surface area contributed by atoms with Gasteiger partial charge in [-0.25, -0.2) is 4.98 Å². The van der Waals surface area contributed by atoms with Crippen molar-refractivity contribution in [3.8, 4) is 0 Å². The topological polar surface area (TPSA) is 45.2 Å². The molecule has 5 heteroatoms. The van der Waals surface area contributed by atoms with Crippen LogP contribution in [0.2, 0.25) is 0 Å². The van der Waals surface area contributed by atoms with E-state index in [-0.39, 0.29) is 5.91 Å². The Morgan fingerprint density at radius 1 is 1.30 bits per heavy atom. The predicted octanol–water partition coefficient (Wildman–Crippen LogP) is 2.69. The fourth-order valence-electron chi connectivity index (χ4n) is 1.75. The number of thiazole rings is 1. The van der Waals surface area contributed by atoms with Gasteiger partial charge in [0.05, 0.1) is 24.2 Å². The van der Waals surface area contributed by atoms with Gasteiger partial charge in [-0.2, -0.15) is 0 Å². The number of anilines is 1. The molecule has 1 heterocycles. The van der Waals surface area contributed by atoms with E-state index in [0.29, 0.717) is 6.42 Å². The summed E-state index contributed by atoms with van der Waals surface area (Å²) in [6, 6.07) is 8.00. The number of carbonyl (C=O) groups is 1. The molecule has 4 nitrogen and oxygen atoms in total. The van der Waals surface area contributed by atoms with Gasteiger partial charge in [-0.15, -0.1) is 11.3 Å². The number of likely N-dealkylation sites (N-methyl/N-ethyl adjacent to an activating group) is 1. The number of nitrogens with one attached hydrogen (secondary N) is 1. The van der Waals surface area contributed by atoms with E-state index in [1.807, 2.05) is 36.7 Å². The Balaban J connectivity index is 1.91. The van der Waals surface area contributed by atoms with Crippen LogP contribution < -0.4 is 5.32 Å². The number of aromatic nitrogens is 1. The molecule has 0 radical (unpaired) electrons. The second-order valence-electron chi connectivity index (χ2n) is 4.88. The van der Waals surface area contributed by atoms with Gasteiger partial charge in [-0.1, -0.05) is 12.1 Å². The van der Waals surface area contributed by atoms with Gasteiger partial charge < -0.3 is 10.2 Å². The highest BCUT2D eigenvalue weighted by atomic mass is 32.1. The number of hydrogen-bond donors (Lipinski definition) is 1. The van der Waals surface area contributed by atoms with Crippen molar-refractivity contribution in [2.75, 3.05) is 19.4 Å². The van der Waals surface area contributed by atoms with Crippen LogP contribution in [0.3, 0.4) is 0 Å². The van der Waals surface area contributed by atoms with Crippen LogP contribution in [0.25, 0.3) is 0 Å². The zero-order valence-electron chi connectivity index (χ0n) is 12.0. The van der Waals surface area contributed by atoms with E-state index >= 15 is 0 Å². The first-order valence-electron chi connectivity index (χ1n) is 6.48. The SMILES string of the molecule is Cc1ncsc1CNc1ccc(CC(=O)N(C)C)cc1. The molecule has 0 aliphatic carbocycles. The van der Waals surface area contributed by atoms with Crippen molar-refractivity contribution in [1.29, 1.82) is 0 Å². The Hall–Kier alpha value is -1.88. The smallest absolute Gasteiger partial charge is 0.226 e. The Bertz CT molecular complexity index is 575. The fourth-order valence-corrected chi connectivity index (χ4v) is 2.47. The number of nitrogens with zero attached hydrogens (tertiary/aromatic N) is 2. The first kappa shape index (κ1) is 14.5. The molecule has 0 fully saturated rings.